The Kier molecular flexibility index (Phi) is 4.37. The SMILES string of the molecule is COc1ccc(CC(=O)N2CCC[C@H]2c2c(C)noc2C)cc1. The van der Waals surface area contributed by atoms with Crippen LogP contribution in [0.4, 0.5) is 0 Å². The number of nitrogens with zero attached hydrogens (tertiary/aromatic N) is 2. The van der Waals surface area contributed by atoms with Gasteiger partial charge in [0.15, 0.2) is 0 Å². The zero-order valence-corrected chi connectivity index (χ0v) is 13.8. The van der Waals surface area contributed by atoms with Gasteiger partial charge in [0.2, 0.25) is 5.91 Å². The first-order valence-corrected chi connectivity index (χ1v) is 7.95. The van der Waals surface area contributed by atoms with Crippen LogP contribution in [-0.2, 0) is 11.2 Å². The molecule has 1 aliphatic rings. The summed E-state index contributed by atoms with van der Waals surface area (Å²) >= 11 is 0. The molecule has 0 spiro atoms. The molecule has 1 aromatic carbocycles. The van der Waals surface area contributed by atoms with E-state index in [-0.39, 0.29) is 11.9 Å². The molecule has 0 aliphatic carbocycles. The quantitative estimate of drug-likeness (QED) is 0.869. The lowest BCUT2D eigenvalue weighted by molar-refractivity contribution is -0.131. The number of aromatic nitrogens is 1. The molecule has 1 fully saturated rings. The molecular formula is C18H22N2O3. The van der Waals surface area contributed by atoms with Gasteiger partial charge in [-0.2, -0.15) is 0 Å². The van der Waals surface area contributed by atoms with E-state index in [0.717, 1.165) is 47.7 Å². The van der Waals surface area contributed by atoms with E-state index in [9.17, 15) is 4.79 Å². The Bertz CT molecular complexity index is 671. The highest BCUT2D eigenvalue weighted by atomic mass is 16.5. The summed E-state index contributed by atoms with van der Waals surface area (Å²) in [4.78, 5) is 14.7. The Balaban J connectivity index is 1.75. The number of carbonyl (C=O) groups is 1. The van der Waals surface area contributed by atoms with Gasteiger partial charge in [0.1, 0.15) is 11.5 Å². The Morgan fingerprint density at radius 1 is 1.35 bits per heavy atom. The van der Waals surface area contributed by atoms with Crippen LogP contribution in [0.2, 0.25) is 0 Å². The molecule has 1 aromatic heterocycles. The number of ether oxygens (including phenoxy) is 1. The van der Waals surface area contributed by atoms with Crippen molar-refractivity contribution in [1.29, 1.82) is 0 Å². The Morgan fingerprint density at radius 2 is 2.09 bits per heavy atom. The third-order valence-electron chi connectivity index (χ3n) is 4.51. The van der Waals surface area contributed by atoms with Crippen LogP contribution in [0.15, 0.2) is 28.8 Å². The van der Waals surface area contributed by atoms with Gasteiger partial charge in [-0.15, -0.1) is 0 Å². The monoisotopic (exact) mass is 314 g/mol. The molecule has 0 saturated carbocycles. The van der Waals surface area contributed by atoms with E-state index >= 15 is 0 Å². The number of carbonyl (C=O) groups excluding carboxylic acids is 1. The number of benzene rings is 1. The molecule has 122 valence electrons. The van der Waals surface area contributed by atoms with Crippen molar-refractivity contribution in [2.45, 2.75) is 39.2 Å². The van der Waals surface area contributed by atoms with E-state index in [1.807, 2.05) is 43.0 Å². The van der Waals surface area contributed by atoms with Crippen LogP contribution < -0.4 is 4.74 Å². The summed E-state index contributed by atoms with van der Waals surface area (Å²) in [5.41, 5.74) is 2.96. The Morgan fingerprint density at radius 3 is 2.70 bits per heavy atom. The van der Waals surface area contributed by atoms with Crippen LogP contribution in [0.5, 0.6) is 5.75 Å². The van der Waals surface area contributed by atoms with Gasteiger partial charge >= 0.3 is 0 Å². The van der Waals surface area contributed by atoms with Crippen LogP contribution in [0.25, 0.3) is 0 Å². The van der Waals surface area contributed by atoms with Crippen molar-refractivity contribution in [3.8, 4) is 5.75 Å². The minimum Gasteiger partial charge on any atom is -0.497 e. The van der Waals surface area contributed by atoms with E-state index in [2.05, 4.69) is 5.16 Å². The molecule has 5 heteroatoms. The first-order chi connectivity index (χ1) is 11.1. The second kappa shape index (κ2) is 6.44. The van der Waals surface area contributed by atoms with E-state index in [0.29, 0.717) is 6.42 Å². The molecule has 2 heterocycles. The lowest BCUT2D eigenvalue weighted by Crippen LogP contribution is -2.32. The van der Waals surface area contributed by atoms with Crippen molar-refractivity contribution in [3.63, 3.8) is 0 Å². The Labute approximate surface area is 136 Å². The molecule has 1 saturated heterocycles. The van der Waals surface area contributed by atoms with Crippen LogP contribution in [0.1, 0.15) is 41.5 Å². The third-order valence-corrected chi connectivity index (χ3v) is 4.51. The number of aryl methyl sites for hydroxylation is 2. The molecule has 2 aromatic rings. The fraction of sp³-hybridized carbons (Fsp3) is 0.444. The van der Waals surface area contributed by atoms with Crippen LogP contribution >= 0.6 is 0 Å². The minimum absolute atomic E-state index is 0.0898. The van der Waals surface area contributed by atoms with Gasteiger partial charge < -0.3 is 14.2 Å². The van der Waals surface area contributed by atoms with Crippen molar-refractivity contribution in [1.82, 2.24) is 10.1 Å². The van der Waals surface area contributed by atoms with Gasteiger partial charge in [0.05, 0.1) is 25.3 Å². The summed E-state index contributed by atoms with van der Waals surface area (Å²) in [5.74, 6) is 1.77. The van der Waals surface area contributed by atoms with Gasteiger partial charge in [0, 0.05) is 12.1 Å². The molecule has 0 unspecified atom stereocenters. The van der Waals surface area contributed by atoms with Crippen molar-refractivity contribution in [3.05, 3.63) is 46.8 Å². The number of hydrogen-bond acceptors (Lipinski definition) is 4. The molecule has 1 aliphatic heterocycles. The van der Waals surface area contributed by atoms with Gasteiger partial charge in [-0.1, -0.05) is 17.3 Å². The van der Waals surface area contributed by atoms with E-state index in [1.54, 1.807) is 7.11 Å². The summed E-state index contributed by atoms with van der Waals surface area (Å²) in [6.07, 6.45) is 2.39. The van der Waals surface area contributed by atoms with Gasteiger partial charge in [0.25, 0.3) is 0 Å². The first-order valence-electron chi connectivity index (χ1n) is 7.95. The topological polar surface area (TPSA) is 55.6 Å². The number of rotatable bonds is 4. The summed E-state index contributed by atoms with van der Waals surface area (Å²) in [7, 11) is 1.64. The number of likely N-dealkylation sites (tertiary alicyclic amines) is 1. The van der Waals surface area contributed by atoms with Crippen molar-refractivity contribution >= 4 is 5.91 Å². The van der Waals surface area contributed by atoms with E-state index in [4.69, 9.17) is 9.26 Å². The summed E-state index contributed by atoms with van der Waals surface area (Å²) < 4.78 is 10.4. The van der Waals surface area contributed by atoms with Crippen molar-refractivity contribution in [2.24, 2.45) is 0 Å². The molecule has 0 N–H and O–H groups in total. The molecule has 1 atom stereocenters. The van der Waals surface area contributed by atoms with Gasteiger partial charge in [-0.05, 0) is 44.4 Å². The maximum atomic E-state index is 12.7. The first kappa shape index (κ1) is 15.6. The fourth-order valence-corrected chi connectivity index (χ4v) is 3.35. The smallest absolute Gasteiger partial charge is 0.227 e. The number of methoxy groups -OCH3 is 1. The number of amides is 1. The van der Waals surface area contributed by atoms with Crippen molar-refractivity contribution in [2.75, 3.05) is 13.7 Å². The summed E-state index contributed by atoms with van der Waals surface area (Å²) in [6, 6.07) is 7.75. The lowest BCUT2D eigenvalue weighted by Gasteiger charge is -2.25. The fourth-order valence-electron chi connectivity index (χ4n) is 3.35. The molecule has 1 amide bonds. The normalized spacial score (nSPS) is 17.5. The standard InChI is InChI=1S/C18H22N2O3/c1-12-18(13(2)23-19-12)16-5-4-10-20(16)17(21)11-14-6-8-15(22-3)9-7-14/h6-9,16H,4-5,10-11H2,1-3H3/t16-/m0/s1. The predicted octanol–water partition coefficient (Wildman–Crippen LogP) is 3.21. The van der Waals surface area contributed by atoms with Crippen LogP contribution in [-0.4, -0.2) is 29.6 Å². The van der Waals surface area contributed by atoms with Gasteiger partial charge in [-0.25, -0.2) is 0 Å². The minimum atomic E-state index is 0.0898. The summed E-state index contributed by atoms with van der Waals surface area (Å²) in [6.45, 7) is 4.65. The highest BCUT2D eigenvalue weighted by Crippen LogP contribution is 2.35. The highest BCUT2D eigenvalue weighted by Gasteiger charge is 2.33. The molecule has 5 nitrogen and oxygen atoms in total. The maximum Gasteiger partial charge on any atom is 0.227 e. The second-order valence-electron chi connectivity index (χ2n) is 6.01. The maximum absolute atomic E-state index is 12.7. The van der Waals surface area contributed by atoms with Crippen molar-refractivity contribution < 1.29 is 14.1 Å². The average Bonchev–Trinajstić information content (AvgIpc) is 3.14. The van der Waals surface area contributed by atoms with E-state index < -0.39 is 0 Å². The zero-order chi connectivity index (χ0) is 16.4. The average molecular weight is 314 g/mol. The van der Waals surface area contributed by atoms with Crippen LogP contribution in [0, 0.1) is 13.8 Å². The Hall–Kier alpha value is -2.30. The molecule has 0 bridgehead atoms. The third kappa shape index (κ3) is 3.09. The van der Waals surface area contributed by atoms with Gasteiger partial charge in [-0.3, -0.25) is 4.79 Å². The molecular weight excluding hydrogens is 292 g/mol. The lowest BCUT2D eigenvalue weighted by atomic mass is 10.0. The molecule has 3 rings (SSSR count). The zero-order valence-electron chi connectivity index (χ0n) is 13.8. The number of hydrogen-bond donors (Lipinski definition) is 0. The van der Waals surface area contributed by atoms with E-state index in [1.165, 1.54) is 0 Å². The highest BCUT2D eigenvalue weighted by molar-refractivity contribution is 5.79. The molecule has 23 heavy (non-hydrogen) atoms. The second-order valence-corrected chi connectivity index (χ2v) is 6.01. The molecule has 0 radical (unpaired) electrons. The summed E-state index contributed by atoms with van der Waals surface area (Å²) in [5, 5.41) is 4.03. The van der Waals surface area contributed by atoms with Crippen LogP contribution in [0.3, 0.4) is 0 Å². The largest absolute Gasteiger partial charge is 0.497 e. The predicted molar refractivity (Wildman–Crippen MR) is 86.4 cm³/mol.